The first kappa shape index (κ1) is 16.1. The van der Waals surface area contributed by atoms with Gasteiger partial charge in [-0.25, -0.2) is 4.79 Å². The molecule has 1 N–H and O–H groups in total. The van der Waals surface area contributed by atoms with Crippen LogP contribution in [0.1, 0.15) is 18.8 Å². The molecule has 132 valence electrons. The number of benzene rings is 2. The van der Waals surface area contributed by atoms with E-state index in [0.717, 1.165) is 22.4 Å². The van der Waals surface area contributed by atoms with Crippen LogP contribution in [0.5, 0.6) is 0 Å². The second-order valence-corrected chi connectivity index (χ2v) is 6.25. The third-order valence-corrected chi connectivity index (χ3v) is 4.54. The molecule has 2 aromatic carbocycles. The van der Waals surface area contributed by atoms with Gasteiger partial charge in [0, 0.05) is 19.8 Å². The van der Waals surface area contributed by atoms with E-state index in [4.69, 9.17) is 0 Å². The van der Waals surface area contributed by atoms with Crippen LogP contribution in [-0.2, 0) is 14.1 Å². The number of rotatable bonds is 4. The highest BCUT2D eigenvalue weighted by molar-refractivity contribution is 5.80. The van der Waals surface area contributed by atoms with Crippen LogP contribution in [0.2, 0.25) is 0 Å². The molecular weight excluding hydrogens is 330 g/mol. The highest BCUT2D eigenvalue weighted by Gasteiger charge is 2.16. The summed E-state index contributed by atoms with van der Waals surface area (Å²) in [5, 5.41) is 15.5. The van der Waals surface area contributed by atoms with Crippen LogP contribution in [0.25, 0.3) is 16.7 Å². The minimum Gasteiger partial charge on any atom is -0.375 e. The van der Waals surface area contributed by atoms with E-state index in [-0.39, 0.29) is 11.7 Å². The minimum absolute atomic E-state index is 0.0433. The largest absolute Gasteiger partial charge is 0.375 e. The van der Waals surface area contributed by atoms with E-state index in [1.807, 2.05) is 55.5 Å². The lowest BCUT2D eigenvalue weighted by Gasteiger charge is -2.15. The molecule has 0 spiro atoms. The fraction of sp³-hybridized carbons (Fsp3) is 0.222. The van der Waals surface area contributed by atoms with Crippen molar-refractivity contribution in [1.29, 1.82) is 0 Å². The predicted molar refractivity (Wildman–Crippen MR) is 99.4 cm³/mol. The van der Waals surface area contributed by atoms with Gasteiger partial charge in [0.15, 0.2) is 5.82 Å². The van der Waals surface area contributed by atoms with Crippen molar-refractivity contribution >= 4 is 16.7 Å². The Hall–Kier alpha value is -3.42. The van der Waals surface area contributed by atoms with Crippen LogP contribution in [-0.4, -0.2) is 29.3 Å². The number of nitrogens with one attached hydrogen (secondary N) is 1. The SMILES string of the molecule is C[C@@H](Nc1ccc2c(c1)n(C)c(=O)n2C)c1nnnn1-c1ccccc1. The van der Waals surface area contributed by atoms with Crippen molar-refractivity contribution in [2.45, 2.75) is 13.0 Å². The predicted octanol–water partition coefficient (Wildman–Crippen LogP) is 2.03. The van der Waals surface area contributed by atoms with Gasteiger partial charge in [-0.15, -0.1) is 5.10 Å². The zero-order chi connectivity index (χ0) is 18.3. The molecule has 0 bridgehead atoms. The zero-order valence-corrected chi connectivity index (χ0v) is 14.8. The summed E-state index contributed by atoms with van der Waals surface area (Å²) in [6.07, 6.45) is 0. The van der Waals surface area contributed by atoms with Crippen molar-refractivity contribution in [2.24, 2.45) is 14.1 Å². The number of nitrogens with zero attached hydrogens (tertiary/aromatic N) is 6. The zero-order valence-electron chi connectivity index (χ0n) is 14.8. The molecule has 4 aromatic rings. The molecule has 0 radical (unpaired) electrons. The first-order valence-electron chi connectivity index (χ1n) is 8.32. The molecule has 0 amide bonds. The Balaban J connectivity index is 1.66. The van der Waals surface area contributed by atoms with E-state index >= 15 is 0 Å². The first-order valence-corrected chi connectivity index (χ1v) is 8.32. The lowest BCUT2D eigenvalue weighted by molar-refractivity contribution is 0.719. The van der Waals surface area contributed by atoms with E-state index in [0.29, 0.717) is 5.82 Å². The standard InChI is InChI=1S/C18H19N7O/c1-12(17-20-21-22-25(17)14-7-5-4-6-8-14)19-13-9-10-15-16(11-13)24(3)18(26)23(15)2/h4-12,19H,1-3H3/t12-/m1/s1. The van der Waals surface area contributed by atoms with Crippen LogP contribution in [0.4, 0.5) is 5.69 Å². The molecule has 0 aliphatic rings. The van der Waals surface area contributed by atoms with Crippen LogP contribution < -0.4 is 11.0 Å². The Bertz CT molecular complexity index is 1120. The van der Waals surface area contributed by atoms with Crippen LogP contribution in [0.15, 0.2) is 53.3 Å². The summed E-state index contributed by atoms with van der Waals surface area (Å²) >= 11 is 0. The summed E-state index contributed by atoms with van der Waals surface area (Å²) in [6.45, 7) is 2.00. The van der Waals surface area contributed by atoms with Gasteiger partial charge in [0.1, 0.15) is 0 Å². The van der Waals surface area contributed by atoms with Gasteiger partial charge in [-0.2, -0.15) is 4.68 Å². The molecule has 2 aromatic heterocycles. The molecule has 4 rings (SSSR count). The van der Waals surface area contributed by atoms with Crippen molar-refractivity contribution in [3.63, 3.8) is 0 Å². The van der Waals surface area contributed by atoms with Crippen molar-refractivity contribution < 1.29 is 0 Å². The van der Waals surface area contributed by atoms with Crippen molar-refractivity contribution in [2.75, 3.05) is 5.32 Å². The van der Waals surface area contributed by atoms with Gasteiger partial charge < -0.3 is 5.32 Å². The van der Waals surface area contributed by atoms with Gasteiger partial charge >= 0.3 is 5.69 Å². The number of fused-ring (bicyclic) bond motifs is 1. The van der Waals surface area contributed by atoms with Gasteiger partial charge in [0.25, 0.3) is 0 Å². The number of aryl methyl sites for hydroxylation is 2. The lowest BCUT2D eigenvalue weighted by Crippen LogP contribution is -2.19. The van der Waals surface area contributed by atoms with E-state index in [1.165, 1.54) is 0 Å². The molecule has 0 unspecified atom stereocenters. The van der Waals surface area contributed by atoms with Gasteiger partial charge in [0.05, 0.1) is 22.8 Å². The second-order valence-electron chi connectivity index (χ2n) is 6.25. The van der Waals surface area contributed by atoms with Crippen LogP contribution >= 0.6 is 0 Å². The summed E-state index contributed by atoms with van der Waals surface area (Å²) in [7, 11) is 3.54. The maximum atomic E-state index is 12.1. The molecule has 2 heterocycles. The fourth-order valence-corrected chi connectivity index (χ4v) is 3.13. The number of imidazole rings is 1. The maximum Gasteiger partial charge on any atom is 0.328 e. The Morgan fingerprint density at radius 2 is 1.73 bits per heavy atom. The summed E-state index contributed by atoms with van der Waals surface area (Å²) in [4.78, 5) is 12.1. The highest BCUT2D eigenvalue weighted by atomic mass is 16.1. The first-order chi connectivity index (χ1) is 12.6. The van der Waals surface area contributed by atoms with E-state index in [9.17, 15) is 4.79 Å². The smallest absolute Gasteiger partial charge is 0.328 e. The van der Waals surface area contributed by atoms with Gasteiger partial charge in [0.2, 0.25) is 0 Å². The number of aromatic nitrogens is 6. The number of para-hydroxylation sites is 1. The van der Waals surface area contributed by atoms with Crippen LogP contribution in [0, 0.1) is 0 Å². The third kappa shape index (κ3) is 2.55. The number of hydrogen-bond donors (Lipinski definition) is 1. The lowest BCUT2D eigenvalue weighted by atomic mass is 10.2. The average molecular weight is 349 g/mol. The van der Waals surface area contributed by atoms with E-state index in [2.05, 4.69) is 20.8 Å². The fourth-order valence-electron chi connectivity index (χ4n) is 3.13. The molecule has 8 nitrogen and oxygen atoms in total. The summed E-state index contributed by atoms with van der Waals surface area (Å²) < 4.78 is 4.99. The molecule has 0 fully saturated rings. The number of hydrogen-bond acceptors (Lipinski definition) is 5. The van der Waals surface area contributed by atoms with Crippen molar-refractivity contribution in [1.82, 2.24) is 29.3 Å². The molecule has 0 aliphatic carbocycles. The second kappa shape index (κ2) is 6.14. The highest BCUT2D eigenvalue weighted by Crippen LogP contribution is 2.22. The molecule has 0 saturated heterocycles. The summed E-state index contributed by atoms with van der Waals surface area (Å²) in [6, 6.07) is 15.5. The van der Waals surface area contributed by atoms with Gasteiger partial charge in [-0.3, -0.25) is 9.13 Å². The van der Waals surface area contributed by atoms with Crippen molar-refractivity contribution in [3.05, 3.63) is 64.8 Å². The molecule has 8 heteroatoms. The molecule has 0 saturated carbocycles. The number of anilines is 1. The number of tetrazole rings is 1. The van der Waals surface area contributed by atoms with E-state index in [1.54, 1.807) is 27.9 Å². The van der Waals surface area contributed by atoms with Crippen LogP contribution in [0.3, 0.4) is 0 Å². The monoisotopic (exact) mass is 349 g/mol. The van der Waals surface area contributed by atoms with Gasteiger partial charge in [-0.05, 0) is 47.7 Å². The Morgan fingerprint density at radius 1 is 1.00 bits per heavy atom. The summed E-state index contributed by atoms with van der Waals surface area (Å²) in [5.41, 5.74) is 3.52. The van der Waals surface area contributed by atoms with Crippen molar-refractivity contribution in [3.8, 4) is 5.69 Å². The topological polar surface area (TPSA) is 82.6 Å². The Labute approximate surface area is 149 Å². The molecule has 1 atom stereocenters. The Morgan fingerprint density at radius 3 is 2.50 bits per heavy atom. The van der Waals surface area contributed by atoms with E-state index < -0.39 is 0 Å². The normalized spacial score (nSPS) is 12.4. The third-order valence-electron chi connectivity index (χ3n) is 4.54. The molecule has 0 aliphatic heterocycles. The molecule has 26 heavy (non-hydrogen) atoms. The summed E-state index contributed by atoms with van der Waals surface area (Å²) in [5.74, 6) is 0.707. The minimum atomic E-state index is -0.122. The average Bonchev–Trinajstić information content (AvgIpc) is 3.23. The Kier molecular flexibility index (Phi) is 3.80. The van der Waals surface area contributed by atoms with Gasteiger partial charge in [-0.1, -0.05) is 18.2 Å². The molecular formula is C18H19N7O. The quantitative estimate of drug-likeness (QED) is 0.609. The maximum absolute atomic E-state index is 12.1.